The molecule has 0 bridgehead atoms. The molecular formula is C11H18N2. The molecule has 0 saturated heterocycles. The smallest absolute Gasteiger partial charge is 0.132 e. The van der Waals surface area contributed by atoms with Crippen LogP contribution in [0.1, 0.15) is 25.4 Å². The van der Waals surface area contributed by atoms with Gasteiger partial charge in [-0.3, -0.25) is 0 Å². The molecule has 2 nitrogen and oxygen atoms in total. The van der Waals surface area contributed by atoms with Crippen LogP contribution in [0.15, 0.2) is 24.9 Å². The quantitative estimate of drug-likeness (QED) is 0.637. The van der Waals surface area contributed by atoms with Crippen LogP contribution in [0, 0.1) is 6.92 Å². The van der Waals surface area contributed by atoms with Gasteiger partial charge in [-0.05, 0) is 13.0 Å². The number of rotatable bonds is 2. The van der Waals surface area contributed by atoms with Crippen LogP contribution in [0.4, 0.5) is 0 Å². The van der Waals surface area contributed by atoms with Crippen molar-refractivity contribution in [3.8, 4) is 0 Å². The molecule has 0 fully saturated rings. The summed E-state index contributed by atoms with van der Waals surface area (Å²) in [5.41, 5.74) is 1.04. The summed E-state index contributed by atoms with van der Waals surface area (Å²) in [4.78, 5) is 4.28. The van der Waals surface area contributed by atoms with Gasteiger partial charge < -0.3 is 4.57 Å². The number of aryl methyl sites for hydroxylation is 2. The van der Waals surface area contributed by atoms with Crippen molar-refractivity contribution in [3.63, 3.8) is 0 Å². The standard InChI is InChI=1S/C9H12N2.C2H6/c1-4-5-6-9-10-8(2)7-11(9)3;1-2/h4-7H,1H2,2-3H3;1-2H3/b6-5-;. The van der Waals surface area contributed by atoms with E-state index in [1.54, 1.807) is 6.08 Å². The van der Waals surface area contributed by atoms with Crippen molar-refractivity contribution in [1.29, 1.82) is 0 Å². The van der Waals surface area contributed by atoms with Crippen molar-refractivity contribution in [3.05, 3.63) is 36.4 Å². The third-order valence-electron chi connectivity index (χ3n) is 1.41. The fourth-order valence-electron chi connectivity index (χ4n) is 0.944. The molecule has 0 radical (unpaired) electrons. The van der Waals surface area contributed by atoms with E-state index in [0.717, 1.165) is 11.5 Å². The summed E-state index contributed by atoms with van der Waals surface area (Å²) in [6, 6.07) is 0. The van der Waals surface area contributed by atoms with Crippen molar-refractivity contribution in [2.75, 3.05) is 0 Å². The van der Waals surface area contributed by atoms with Crippen LogP contribution in [0.5, 0.6) is 0 Å². The molecule has 2 heteroatoms. The average Bonchev–Trinajstić information content (AvgIpc) is 2.45. The molecule has 0 aliphatic heterocycles. The van der Waals surface area contributed by atoms with Crippen molar-refractivity contribution >= 4 is 6.08 Å². The lowest BCUT2D eigenvalue weighted by atomic mass is 10.4. The summed E-state index contributed by atoms with van der Waals surface area (Å²) >= 11 is 0. The van der Waals surface area contributed by atoms with E-state index >= 15 is 0 Å². The lowest BCUT2D eigenvalue weighted by molar-refractivity contribution is 0.897. The maximum atomic E-state index is 4.28. The second-order valence-electron chi connectivity index (χ2n) is 2.45. The number of hydrogen-bond acceptors (Lipinski definition) is 1. The van der Waals surface area contributed by atoms with Crippen LogP contribution >= 0.6 is 0 Å². The molecule has 0 spiro atoms. The number of hydrogen-bond donors (Lipinski definition) is 0. The molecule has 0 atom stereocenters. The Morgan fingerprint density at radius 2 is 2.08 bits per heavy atom. The second-order valence-corrected chi connectivity index (χ2v) is 2.45. The van der Waals surface area contributed by atoms with Gasteiger partial charge in [0.15, 0.2) is 0 Å². The zero-order valence-electron chi connectivity index (χ0n) is 8.91. The molecule has 0 saturated carbocycles. The third kappa shape index (κ3) is 3.74. The minimum absolute atomic E-state index is 0.961. The van der Waals surface area contributed by atoms with E-state index in [0.29, 0.717) is 0 Å². The average molecular weight is 178 g/mol. The number of aromatic nitrogens is 2. The SMILES string of the molecule is C=C/C=C\c1nc(C)cn1C.CC. The minimum Gasteiger partial charge on any atom is -0.334 e. The van der Waals surface area contributed by atoms with Crippen LogP contribution in [-0.2, 0) is 7.05 Å². The van der Waals surface area contributed by atoms with E-state index < -0.39 is 0 Å². The summed E-state index contributed by atoms with van der Waals surface area (Å²) in [7, 11) is 1.97. The first-order valence-corrected chi connectivity index (χ1v) is 4.53. The highest BCUT2D eigenvalue weighted by molar-refractivity contribution is 5.43. The Kier molecular flexibility index (Phi) is 5.60. The first kappa shape index (κ1) is 11.7. The van der Waals surface area contributed by atoms with Gasteiger partial charge in [0.25, 0.3) is 0 Å². The van der Waals surface area contributed by atoms with Crippen LogP contribution in [0.3, 0.4) is 0 Å². The molecule has 0 aliphatic rings. The highest BCUT2D eigenvalue weighted by atomic mass is 15.0. The lowest BCUT2D eigenvalue weighted by Gasteiger charge is -1.90. The van der Waals surface area contributed by atoms with Crippen LogP contribution in [0.25, 0.3) is 6.08 Å². The lowest BCUT2D eigenvalue weighted by Crippen LogP contribution is -1.88. The van der Waals surface area contributed by atoms with Gasteiger partial charge in [0.05, 0.1) is 5.69 Å². The van der Waals surface area contributed by atoms with Gasteiger partial charge in [-0.25, -0.2) is 4.98 Å². The molecule has 72 valence electrons. The van der Waals surface area contributed by atoms with Gasteiger partial charge in [-0.1, -0.05) is 32.6 Å². The Balaban J connectivity index is 0.000000671. The van der Waals surface area contributed by atoms with Gasteiger partial charge in [0.2, 0.25) is 0 Å². The Morgan fingerprint density at radius 3 is 2.46 bits per heavy atom. The van der Waals surface area contributed by atoms with Crippen LogP contribution < -0.4 is 0 Å². The van der Waals surface area contributed by atoms with Gasteiger partial charge in [-0.15, -0.1) is 0 Å². The summed E-state index contributed by atoms with van der Waals surface area (Å²) in [5, 5.41) is 0. The molecule has 0 aromatic carbocycles. The van der Waals surface area contributed by atoms with Crippen molar-refractivity contribution < 1.29 is 0 Å². The van der Waals surface area contributed by atoms with Gasteiger partial charge in [0.1, 0.15) is 5.82 Å². The summed E-state index contributed by atoms with van der Waals surface area (Å²) < 4.78 is 1.98. The van der Waals surface area contributed by atoms with Crippen molar-refractivity contribution in [2.24, 2.45) is 7.05 Å². The zero-order valence-corrected chi connectivity index (χ0v) is 8.91. The topological polar surface area (TPSA) is 17.8 Å². The summed E-state index contributed by atoms with van der Waals surface area (Å²) in [6.07, 6.45) is 7.54. The normalized spacial score (nSPS) is 9.54. The molecule has 0 N–H and O–H groups in total. The molecule has 0 aliphatic carbocycles. The van der Waals surface area contributed by atoms with Crippen LogP contribution in [-0.4, -0.2) is 9.55 Å². The highest BCUT2D eigenvalue weighted by Crippen LogP contribution is 2.01. The monoisotopic (exact) mass is 178 g/mol. The van der Waals surface area contributed by atoms with E-state index in [1.807, 2.05) is 50.7 Å². The van der Waals surface area contributed by atoms with E-state index in [2.05, 4.69) is 11.6 Å². The van der Waals surface area contributed by atoms with Gasteiger partial charge >= 0.3 is 0 Å². The molecule has 0 unspecified atom stereocenters. The van der Waals surface area contributed by atoms with E-state index in [9.17, 15) is 0 Å². The zero-order chi connectivity index (χ0) is 10.3. The summed E-state index contributed by atoms with van der Waals surface area (Å²) in [6.45, 7) is 9.57. The number of imidazole rings is 1. The fourth-order valence-corrected chi connectivity index (χ4v) is 0.944. The largest absolute Gasteiger partial charge is 0.334 e. The van der Waals surface area contributed by atoms with E-state index in [-0.39, 0.29) is 0 Å². The van der Waals surface area contributed by atoms with Crippen molar-refractivity contribution in [2.45, 2.75) is 20.8 Å². The molecule has 1 aromatic heterocycles. The van der Waals surface area contributed by atoms with Crippen molar-refractivity contribution in [1.82, 2.24) is 9.55 Å². The number of nitrogens with zero attached hydrogens (tertiary/aromatic N) is 2. The molecule has 0 amide bonds. The predicted molar refractivity (Wildman–Crippen MR) is 58.5 cm³/mol. The minimum atomic E-state index is 0.961. The first-order chi connectivity index (χ1) is 6.24. The molecule has 1 heterocycles. The maximum Gasteiger partial charge on any atom is 0.132 e. The Morgan fingerprint density at radius 1 is 1.46 bits per heavy atom. The fraction of sp³-hybridized carbons (Fsp3) is 0.364. The Hall–Kier alpha value is -1.31. The molecule has 1 aromatic rings. The molecular weight excluding hydrogens is 160 g/mol. The predicted octanol–water partition coefficient (Wildman–Crippen LogP) is 2.95. The van der Waals surface area contributed by atoms with Crippen LogP contribution in [0.2, 0.25) is 0 Å². The Labute approximate surface area is 80.6 Å². The van der Waals surface area contributed by atoms with Gasteiger partial charge in [-0.2, -0.15) is 0 Å². The molecule has 1 rings (SSSR count). The van der Waals surface area contributed by atoms with E-state index in [1.165, 1.54) is 0 Å². The Bertz CT molecular complexity index is 282. The number of allylic oxidation sites excluding steroid dienone is 2. The highest BCUT2D eigenvalue weighted by Gasteiger charge is 1.95. The summed E-state index contributed by atoms with van der Waals surface area (Å²) in [5.74, 6) is 0.961. The maximum absolute atomic E-state index is 4.28. The molecule has 13 heavy (non-hydrogen) atoms. The van der Waals surface area contributed by atoms with E-state index in [4.69, 9.17) is 0 Å². The third-order valence-corrected chi connectivity index (χ3v) is 1.41. The first-order valence-electron chi connectivity index (χ1n) is 4.53. The van der Waals surface area contributed by atoms with Gasteiger partial charge in [0, 0.05) is 13.2 Å². The second kappa shape index (κ2) is 6.23.